The quantitative estimate of drug-likeness (QED) is 0.408. The second-order valence-corrected chi connectivity index (χ2v) is 8.16. The Bertz CT molecular complexity index is 1140. The zero-order valence-corrected chi connectivity index (χ0v) is 17.6. The van der Waals surface area contributed by atoms with E-state index in [-0.39, 0.29) is 18.4 Å². The molecule has 9 heteroatoms. The van der Waals surface area contributed by atoms with Crippen LogP contribution in [0.1, 0.15) is 24.5 Å². The number of rotatable bonds is 6. The SMILES string of the molecule is C[C@@H](NC(=O)Cc1coc(-c2cccs2)n1)c1ncc(-c2ccc(Cl)c(Cl)c2)[nH]1. The van der Waals surface area contributed by atoms with E-state index < -0.39 is 0 Å². The third-order valence-corrected chi connectivity index (χ3v) is 5.84. The Kier molecular flexibility index (Phi) is 5.71. The van der Waals surface area contributed by atoms with E-state index in [2.05, 4.69) is 20.3 Å². The third kappa shape index (κ3) is 4.53. The predicted octanol–water partition coefficient (Wildman–Crippen LogP) is 5.52. The van der Waals surface area contributed by atoms with Crippen LogP contribution in [0, 0.1) is 0 Å². The van der Waals surface area contributed by atoms with Crippen LogP contribution in [0.4, 0.5) is 0 Å². The molecule has 0 aliphatic rings. The predicted molar refractivity (Wildman–Crippen MR) is 114 cm³/mol. The summed E-state index contributed by atoms with van der Waals surface area (Å²) in [5.41, 5.74) is 2.23. The molecule has 3 heterocycles. The molecule has 6 nitrogen and oxygen atoms in total. The van der Waals surface area contributed by atoms with Crippen LogP contribution in [0.5, 0.6) is 0 Å². The zero-order valence-electron chi connectivity index (χ0n) is 15.3. The molecule has 3 aromatic heterocycles. The first kappa shape index (κ1) is 19.7. The smallest absolute Gasteiger partial charge is 0.236 e. The minimum atomic E-state index is -0.303. The highest BCUT2D eigenvalue weighted by Gasteiger charge is 2.16. The minimum Gasteiger partial charge on any atom is -0.444 e. The number of amides is 1. The van der Waals surface area contributed by atoms with E-state index >= 15 is 0 Å². The number of nitrogens with zero attached hydrogens (tertiary/aromatic N) is 2. The number of imidazole rings is 1. The van der Waals surface area contributed by atoms with Crippen molar-refractivity contribution in [2.45, 2.75) is 19.4 Å². The molecule has 0 spiro atoms. The van der Waals surface area contributed by atoms with E-state index in [1.54, 1.807) is 18.3 Å². The van der Waals surface area contributed by atoms with Crippen LogP contribution < -0.4 is 5.32 Å². The van der Waals surface area contributed by atoms with Gasteiger partial charge in [0.05, 0.1) is 45.0 Å². The second kappa shape index (κ2) is 8.41. The minimum absolute atomic E-state index is 0.125. The molecule has 1 amide bonds. The van der Waals surface area contributed by atoms with Crippen LogP contribution in [-0.2, 0) is 11.2 Å². The third-order valence-electron chi connectivity index (χ3n) is 4.24. The monoisotopic (exact) mass is 446 g/mol. The Morgan fingerprint density at radius 3 is 2.93 bits per heavy atom. The molecule has 0 saturated heterocycles. The first-order valence-corrected chi connectivity index (χ1v) is 10.4. The fourth-order valence-corrected chi connectivity index (χ4v) is 3.75. The zero-order chi connectivity index (χ0) is 20.4. The molecule has 0 fully saturated rings. The summed E-state index contributed by atoms with van der Waals surface area (Å²) in [6, 6.07) is 8.89. The summed E-state index contributed by atoms with van der Waals surface area (Å²) in [5, 5.41) is 5.82. The Balaban J connectivity index is 1.39. The highest BCUT2D eigenvalue weighted by atomic mass is 35.5. The van der Waals surface area contributed by atoms with Gasteiger partial charge in [-0.3, -0.25) is 4.79 Å². The van der Waals surface area contributed by atoms with Gasteiger partial charge >= 0.3 is 0 Å². The Morgan fingerprint density at radius 1 is 1.31 bits per heavy atom. The number of nitrogens with one attached hydrogen (secondary N) is 2. The molecule has 0 bridgehead atoms. The van der Waals surface area contributed by atoms with Crippen molar-refractivity contribution in [3.05, 3.63) is 69.7 Å². The second-order valence-electron chi connectivity index (χ2n) is 6.40. The van der Waals surface area contributed by atoms with Crippen molar-refractivity contribution < 1.29 is 9.21 Å². The summed E-state index contributed by atoms with van der Waals surface area (Å²) in [7, 11) is 0. The van der Waals surface area contributed by atoms with Crippen molar-refractivity contribution in [1.29, 1.82) is 0 Å². The van der Waals surface area contributed by atoms with Gasteiger partial charge in [-0.25, -0.2) is 9.97 Å². The van der Waals surface area contributed by atoms with Gasteiger partial charge in [0.25, 0.3) is 0 Å². The largest absolute Gasteiger partial charge is 0.444 e. The van der Waals surface area contributed by atoms with Crippen LogP contribution in [-0.4, -0.2) is 20.9 Å². The van der Waals surface area contributed by atoms with E-state index in [9.17, 15) is 4.79 Å². The first-order chi connectivity index (χ1) is 14.0. The Hall–Kier alpha value is -2.61. The van der Waals surface area contributed by atoms with E-state index in [0.717, 1.165) is 16.1 Å². The van der Waals surface area contributed by atoms with Crippen LogP contribution in [0.3, 0.4) is 0 Å². The van der Waals surface area contributed by atoms with E-state index in [1.165, 1.54) is 17.6 Å². The number of hydrogen-bond acceptors (Lipinski definition) is 5. The van der Waals surface area contributed by atoms with Gasteiger partial charge in [-0.1, -0.05) is 35.3 Å². The van der Waals surface area contributed by atoms with Gasteiger partial charge in [-0.15, -0.1) is 11.3 Å². The van der Waals surface area contributed by atoms with Crippen molar-refractivity contribution in [2.24, 2.45) is 0 Å². The van der Waals surface area contributed by atoms with Gasteiger partial charge in [-0.05, 0) is 30.5 Å². The van der Waals surface area contributed by atoms with E-state index in [4.69, 9.17) is 27.6 Å². The van der Waals surface area contributed by atoms with Gasteiger partial charge in [0.15, 0.2) is 0 Å². The van der Waals surface area contributed by atoms with Gasteiger partial charge in [0, 0.05) is 5.56 Å². The highest BCUT2D eigenvalue weighted by Crippen LogP contribution is 2.28. The molecule has 0 aliphatic heterocycles. The average Bonchev–Trinajstić information content (AvgIpc) is 3.45. The summed E-state index contributed by atoms with van der Waals surface area (Å²) in [6.45, 7) is 1.86. The molecular weight excluding hydrogens is 431 g/mol. The molecule has 0 unspecified atom stereocenters. The number of benzene rings is 1. The fraction of sp³-hybridized carbons (Fsp3) is 0.150. The maximum atomic E-state index is 12.4. The molecule has 0 aliphatic carbocycles. The molecule has 0 saturated carbocycles. The molecular formula is C20H16Cl2N4O2S. The summed E-state index contributed by atoms with van der Waals surface area (Å²) in [5.74, 6) is 0.989. The van der Waals surface area contributed by atoms with Gasteiger partial charge < -0.3 is 14.7 Å². The highest BCUT2D eigenvalue weighted by molar-refractivity contribution is 7.13. The van der Waals surface area contributed by atoms with Crippen LogP contribution in [0.2, 0.25) is 10.0 Å². The van der Waals surface area contributed by atoms with Gasteiger partial charge in [0.2, 0.25) is 11.8 Å². The average molecular weight is 447 g/mol. The molecule has 2 N–H and O–H groups in total. The molecule has 0 radical (unpaired) electrons. The standard InChI is InChI=1S/C20H16Cl2N4O2S/c1-11(19-23-9-16(26-19)12-4-5-14(21)15(22)7-12)24-18(27)8-13-10-28-20(25-13)17-3-2-6-29-17/h2-7,9-11H,8H2,1H3,(H,23,26)(H,24,27)/t11-/m1/s1. The van der Waals surface area contributed by atoms with Crippen molar-refractivity contribution in [1.82, 2.24) is 20.3 Å². The summed E-state index contributed by atoms with van der Waals surface area (Å²) in [6.07, 6.45) is 3.33. The molecule has 4 aromatic rings. The number of oxazole rings is 1. The molecule has 148 valence electrons. The van der Waals surface area contributed by atoms with Crippen LogP contribution in [0.25, 0.3) is 22.0 Å². The maximum Gasteiger partial charge on any atom is 0.236 e. The fourth-order valence-electron chi connectivity index (χ4n) is 2.79. The maximum absolute atomic E-state index is 12.4. The molecule has 29 heavy (non-hydrogen) atoms. The normalized spacial score (nSPS) is 12.1. The Morgan fingerprint density at radius 2 is 2.17 bits per heavy atom. The summed E-state index contributed by atoms with van der Waals surface area (Å²) >= 11 is 13.6. The van der Waals surface area contributed by atoms with E-state index in [1.807, 2.05) is 30.5 Å². The lowest BCUT2D eigenvalue weighted by molar-refractivity contribution is -0.121. The lowest BCUT2D eigenvalue weighted by Crippen LogP contribution is -2.28. The number of halogens is 2. The van der Waals surface area contributed by atoms with Crippen molar-refractivity contribution in [2.75, 3.05) is 0 Å². The molecule has 4 rings (SSSR count). The van der Waals surface area contributed by atoms with E-state index in [0.29, 0.717) is 27.5 Å². The number of aromatic nitrogens is 3. The van der Waals surface area contributed by atoms with Crippen LogP contribution >= 0.6 is 34.5 Å². The number of hydrogen-bond donors (Lipinski definition) is 2. The lowest BCUT2D eigenvalue weighted by Gasteiger charge is -2.10. The number of H-pyrrole nitrogens is 1. The van der Waals surface area contributed by atoms with Crippen molar-refractivity contribution in [3.8, 4) is 22.0 Å². The van der Waals surface area contributed by atoms with Gasteiger partial charge in [-0.2, -0.15) is 0 Å². The first-order valence-electron chi connectivity index (χ1n) is 8.77. The van der Waals surface area contributed by atoms with Crippen LogP contribution in [0.15, 0.2) is 52.6 Å². The lowest BCUT2D eigenvalue weighted by atomic mass is 10.2. The molecule has 1 atom stereocenters. The number of carbonyl (C=O) groups excluding carboxylic acids is 1. The number of carbonyl (C=O) groups is 1. The topological polar surface area (TPSA) is 83.8 Å². The molecule has 1 aromatic carbocycles. The Labute approximate surface area is 180 Å². The van der Waals surface area contributed by atoms with Crippen molar-refractivity contribution >= 4 is 40.4 Å². The summed E-state index contributed by atoms with van der Waals surface area (Å²) in [4.78, 5) is 25.3. The van der Waals surface area contributed by atoms with Crippen molar-refractivity contribution in [3.63, 3.8) is 0 Å². The number of aromatic amines is 1. The number of thiophene rings is 1. The summed E-state index contributed by atoms with van der Waals surface area (Å²) < 4.78 is 5.45. The van der Waals surface area contributed by atoms with Gasteiger partial charge in [0.1, 0.15) is 12.1 Å².